The Morgan fingerprint density at radius 1 is 1.70 bits per heavy atom. The summed E-state index contributed by atoms with van der Waals surface area (Å²) >= 11 is 0. The first-order valence-corrected chi connectivity index (χ1v) is 3.23. The predicted molar refractivity (Wildman–Crippen MR) is 45.7 cm³/mol. The molecule has 2 N–H and O–H groups in total. The maximum Gasteiger partial charge on any atom is 0.0178 e. The van der Waals surface area contributed by atoms with Gasteiger partial charge in [-0.15, -0.1) is 5.73 Å². The van der Waals surface area contributed by atoms with Crippen LogP contribution in [0.15, 0.2) is 42.2 Å². The Balaban J connectivity index is 4.17. The van der Waals surface area contributed by atoms with E-state index >= 15 is 0 Å². The van der Waals surface area contributed by atoms with Crippen molar-refractivity contribution in [2.75, 3.05) is 6.54 Å². The molecule has 0 aliphatic carbocycles. The zero-order chi connectivity index (χ0) is 7.82. The number of rotatable bonds is 3. The van der Waals surface area contributed by atoms with Crippen LogP contribution in [0.25, 0.3) is 0 Å². The Kier molecular flexibility index (Phi) is 5.45. The van der Waals surface area contributed by atoms with E-state index in [9.17, 15) is 0 Å². The van der Waals surface area contributed by atoms with Crippen LogP contribution in [0, 0.1) is 0 Å². The van der Waals surface area contributed by atoms with E-state index in [2.05, 4.69) is 12.3 Å². The van der Waals surface area contributed by atoms with Gasteiger partial charge < -0.3 is 5.73 Å². The van der Waals surface area contributed by atoms with Crippen molar-refractivity contribution < 1.29 is 0 Å². The second kappa shape index (κ2) is 6.09. The molecule has 1 heteroatoms. The van der Waals surface area contributed by atoms with Gasteiger partial charge in [-0.05, 0) is 18.6 Å². The molecule has 0 fully saturated rings. The maximum absolute atomic E-state index is 5.41. The number of nitrogens with two attached hydrogens (primary N) is 1. The lowest BCUT2D eigenvalue weighted by Gasteiger charge is -1.91. The fourth-order valence-corrected chi connectivity index (χ4v) is 0.572. The van der Waals surface area contributed by atoms with Crippen LogP contribution in [-0.4, -0.2) is 6.54 Å². The van der Waals surface area contributed by atoms with Gasteiger partial charge >= 0.3 is 0 Å². The zero-order valence-electron chi connectivity index (χ0n) is 6.30. The molecule has 0 aromatic rings. The first-order valence-electron chi connectivity index (χ1n) is 3.23. The molecule has 0 heterocycles. The molecular formula is C9H13N. The first kappa shape index (κ1) is 8.96. The topological polar surface area (TPSA) is 26.0 Å². The minimum Gasteiger partial charge on any atom is -0.326 e. The summed E-state index contributed by atoms with van der Waals surface area (Å²) in [5.41, 5.74) is 9.14. The van der Waals surface area contributed by atoms with Gasteiger partial charge in [0.2, 0.25) is 0 Å². The van der Waals surface area contributed by atoms with Crippen molar-refractivity contribution in [3.63, 3.8) is 0 Å². The third-order valence-electron chi connectivity index (χ3n) is 1.03. The molecule has 0 rings (SSSR count). The molecule has 0 aromatic heterocycles. The van der Waals surface area contributed by atoms with Crippen LogP contribution >= 0.6 is 0 Å². The summed E-state index contributed by atoms with van der Waals surface area (Å²) in [7, 11) is 0. The lowest BCUT2D eigenvalue weighted by Crippen LogP contribution is -1.99. The van der Waals surface area contributed by atoms with Crippen LogP contribution in [0.3, 0.4) is 0 Å². The van der Waals surface area contributed by atoms with E-state index in [0.717, 1.165) is 5.57 Å². The average Bonchev–Trinajstić information content (AvgIpc) is 1.98. The normalized spacial score (nSPS) is 11.6. The summed E-state index contributed by atoms with van der Waals surface area (Å²) in [5, 5.41) is 0. The molecule has 0 aliphatic rings. The quantitative estimate of drug-likeness (QED) is 0.463. The highest BCUT2D eigenvalue weighted by molar-refractivity contribution is 5.23. The molecule has 1 nitrogen and oxygen atoms in total. The van der Waals surface area contributed by atoms with Crippen molar-refractivity contribution in [2.24, 2.45) is 5.73 Å². The summed E-state index contributed by atoms with van der Waals surface area (Å²) in [5.74, 6) is 0. The van der Waals surface area contributed by atoms with Gasteiger partial charge in [-0.1, -0.05) is 24.8 Å². The first-order chi connectivity index (χ1) is 4.85. The van der Waals surface area contributed by atoms with Gasteiger partial charge in [-0.3, -0.25) is 0 Å². The van der Waals surface area contributed by atoms with Gasteiger partial charge in [0, 0.05) is 6.54 Å². The van der Waals surface area contributed by atoms with Gasteiger partial charge in [0.25, 0.3) is 0 Å². The Hall–Kier alpha value is -1.04. The molecule has 0 bridgehead atoms. The van der Waals surface area contributed by atoms with E-state index in [1.807, 2.05) is 25.2 Å². The molecule has 0 atom stereocenters. The Labute approximate surface area is 62.2 Å². The van der Waals surface area contributed by atoms with Gasteiger partial charge in [-0.2, -0.15) is 0 Å². The van der Waals surface area contributed by atoms with Crippen molar-refractivity contribution in [2.45, 2.75) is 6.92 Å². The molecule has 0 unspecified atom stereocenters. The average molecular weight is 135 g/mol. The van der Waals surface area contributed by atoms with Crippen molar-refractivity contribution in [3.05, 3.63) is 42.2 Å². The van der Waals surface area contributed by atoms with Crippen molar-refractivity contribution in [3.8, 4) is 0 Å². The minimum absolute atomic E-state index is 0.558. The van der Waals surface area contributed by atoms with E-state index in [1.54, 1.807) is 6.08 Å². The summed E-state index contributed by atoms with van der Waals surface area (Å²) < 4.78 is 0. The Morgan fingerprint density at radius 3 is 2.80 bits per heavy atom. The third kappa shape index (κ3) is 3.90. The molecule has 0 saturated heterocycles. The van der Waals surface area contributed by atoms with E-state index in [1.165, 1.54) is 0 Å². The number of hydrogen-bond donors (Lipinski definition) is 1. The van der Waals surface area contributed by atoms with Gasteiger partial charge in [0.1, 0.15) is 0 Å². The lowest BCUT2D eigenvalue weighted by atomic mass is 10.2. The fraction of sp³-hybridized carbons (Fsp3) is 0.222. The zero-order valence-corrected chi connectivity index (χ0v) is 6.30. The Morgan fingerprint density at radius 2 is 2.40 bits per heavy atom. The molecule has 0 spiro atoms. The molecular weight excluding hydrogens is 122 g/mol. The van der Waals surface area contributed by atoms with Crippen molar-refractivity contribution >= 4 is 0 Å². The van der Waals surface area contributed by atoms with Crippen LogP contribution in [0.1, 0.15) is 6.92 Å². The summed E-state index contributed by atoms with van der Waals surface area (Å²) in [6.07, 6.45) is 7.57. The van der Waals surface area contributed by atoms with E-state index in [0.29, 0.717) is 6.54 Å². The summed E-state index contributed by atoms with van der Waals surface area (Å²) in [6.45, 7) is 5.95. The Bertz CT molecular complexity index is 181. The molecule has 0 radical (unpaired) electrons. The highest BCUT2D eigenvalue weighted by atomic mass is 14.5. The van der Waals surface area contributed by atoms with Crippen LogP contribution in [0.4, 0.5) is 0 Å². The largest absolute Gasteiger partial charge is 0.326 e. The molecule has 0 aromatic carbocycles. The van der Waals surface area contributed by atoms with E-state index < -0.39 is 0 Å². The minimum atomic E-state index is 0.558. The van der Waals surface area contributed by atoms with Crippen LogP contribution in [0.5, 0.6) is 0 Å². The molecule has 0 aliphatic heterocycles. The molecule has 0 amide bonds. The predicted octanol–water partition coefficient (Wildman–Crippen LogP) is 1.79. The fourth-order valence-electron chi connectivity index (χ4n) is 0.572. The monoisotopic (exact) mass is 135 g/mol. The van der Waals surface area contributed by atoms with Crippen LogP contribution in [0.2, 0.25) is 0 Å². The van der Waals surface area contributed by atoms with Gasteiger partial charge in [-0.25, -0.2) is 0 Å². The standard InChI is InChI=1S/C9H13N/c1-3-5-7-9(8-10)6-4-2/h4-7H,1,8,10H2,2H3/b6-4-,9-7+. The van der Waals surface area contributed by atoms with E-state index in [4.69, 9.17) is 5.73 Å². The summed E-state index contributed by atoms with van der Waals surface area (Å²) in [4.78, 5) is 0. The summed E-state index contributed by atoms with van der Waals surface area (Å²) in [6, 6.07) is 0. The second-order valence-corrected chi connectivity index (χ2v) is 1.82. The highest BCUT2D eigenvalue weighted by Gasteiger charge is 1.81. The SMILES string of the molecule is C=C=C/C=C(\C=C/C)CN. The number of allylic oxidation sites excluding steroid dienone is 3. The van der Waals surface area contributed by atoms with Crippen molar-refractivity contribution in [1.82, 2.24) is 0 Å². The third-order valence-corrected chi connectivity index (χ3v) is 1.03. The second-order valence-electron chi connectivity index (χ2n) is 1.82. The lowest BCUT2D eigenvalue weighted by molar-refractivity contribution is 1.19. The van der Waals surface area contributed by atoms with E-state index in [-0.39, 0.29) is 0 Å². The molecule has 0 saturated carbocycles. The molecule has 54 valence electrons. The maximum atomic E-state index is 5.41. The molecule has 10 heavy (non-hydrogen) atoms. The van der Waals surface area contributed by atoms with Crippen LogP contribution < -0.4 is 5.73 Å². The number of hydrogen-bond acceptors (Lipinski definition) is 1. The van der Waals surface area contributed by atoms with Gasteiger partial charge in [0.15, 0.2) is 0 Å². The smallest absolute Gasteiger partial charge is 0.0178 e. The van der Waals surface area contributed by atoms with Crippen molar-refractivity contribution in [1.29, 1.82) is 0 Å². The highest BCUT2D eigenvalue weighted by Crippen LogP contribution is 1.93. The van der Waals surface area contributed by atoms with Crippen LogP contribution in [-0.2, 0) is 0 Å². The van der Waals surface area contributed by atoms with Gasteiger partial charge in [0.05, 0.1) is 0 Å².